The maximum absolute atomic E-state index is 13.8. The van der Waals surface area contributed by atoms with Gasteiger partial charge >= 0.3 is 0 Å². The lowest BCUT2D eigenvalue weighted by atomic mass is 10.2. The average molecular weight is 470 g/mol. The van der Waals surface area contributed by atoms with E-state index in [9.17, 15) is 13.6 Å². The van der Waals surface area contributed by atoms with E-state index in [1.54, 1.807) is 22.8 Å². The number of benzene rings is 2. The van der Waals surface area contributed by atoms with Crippen LogP contribution in [-0.4, -0.2) is 19.5 Å². The van der Waals surface area contributed by atoms with Crippen LogP contribution in [0.25, 0.3) is 20.6 Å². The summed E-state index contributed by atoms with van der Waals surface area (Å²) >= 11 is 2.81. The standard InChI is InChI=1S/C22H17F2N5OS2/c1-10-4-17-18(31-11(2)25-17)8-16(10)27-22-28-21(30)19-20(26-12(3)32-19)29(22)9-13-5-14(23)7-15(24)6-13/h4-8H,9H2,1-3H3,(H,27,28,30). The molecule has 0 bridgehead atoms. The number of anilines is 2. The quantitative estimate of drug-likeness (QED) is 0.379. The van der Waals surface area contributed by atoms with Crippen LogP contribution in [0.2, 0.25) is 0 Å². The van der Waals surface area contributed by atoms with Gasteiger partial charge in [-0.1, -0.05) is 0 Å². The first kappa shape index (κ1) is 20.7. The summed E-state index contributed by atoms with van der Waals surface area (Å²) in [5, 5.41) is 4.90. The minimum atomic E-state index is -0.670. The molecule has 0 saturated carbocycles. The normalized spacial score (nSPS) is 11.5. The molecule has 32 heavy (non-hydrogen) atoms. The molecule has 0 unspecified atom stereocenters. The van der Waals surface area contributed by atoms with Crippen molar-refractivity contribution < 1.29 is 8.78 Å². The van der Waals surface area contributed by atoms with Gasteiger partial charge in [-0.3, -0.25) is 9.36 Å². The number of hydrogen-bond acceptors (Lipinski definition) is 7. The van der Waals surface area contributed by atoms with Crippen LogP contribution in [0.1, 0.15) is 21.1 Å². The minimum Gasteiger partial charge on any atom is -0.325 e. The Labute approximate surface area is 189 Å². The number of aryl methyl sites for hydroxylation is 3. The van der Waals surface area contributed by atoms with E-state index >= 15 is 0 Å². The molecular formula is C22H17F2N5OS2. The molecule has 0 aliphatic rings. The van der Waals surface area contributed by atoms with Crippen molar-refractivity contribution in [1.82, 2.24) is 19.5 Å². The monoisotopic (exact) mass is 469 g/mol. The van der Waals surface area contributed by atoms with Gasteiger partial charge < -0.3 is 5.32 Å². The molecule has 0 fully saturated rings. The van der Waals surface area contributed by atoms with Gasteiger partial charge in [0.15, 0.2) is 5.65 Å². The number of halogens is 2. The molecule has 3 aromatic heterocycles. The van der Waals surface area contributed by atoms with Gasteiger partial charge in [-0.25, -0.2) is 18.7 Å². The van der Waals surface area contributed by atoms with E-state index in [1.807, 2.05) is 26.0 Å². The fraction of sp³-hybridized carbons (Fsp3) is 0.182. The Bertz CT molecular complexity index is 1550. The predicted molar refractivity (Wildman–Crippen MR) is 124 cm³/mol. The van der Waals surface area contributed by atoms with Crippen molar-refractivity contribution >= 4 is 54.9 Å². The summed E-state index contributed by atoms with van der Waals surface area (Å²) in [6.07, 6.45) is 0. The summed E-state index contributed by atoms with van der Waals surface area (Å²) in [4.78, 5) is 25.9. The molecule has 2 aromatic carbocycles. The zero-order chi connectivity index (χ0) is 22.6. The molecule has 0 amide bonds. The number of nitrogens with one attached hydrogen (secondary N) is 1. The molecule has 5 aromatic rings. The first-order valence-electron chi connectivity index (χ1n) is 9.74. The van der Waals surface area contributed by atoms with Crippen molar-refractivity contribution in [3.63, 3.8) is 0 Å². The van der Waals surface area contributed by atoms with E-state index in [2.05, 4.69) is 20.3 Å². The second-order valence-electron chi connectivity index (χ2n) is 7.48. The average Bonchev–Trinajstić information content (AvgIpc) is 3.26. The Balaban J connectivity index is 1.67. The van der Waals surface area contributed by atoms with E-state index < -0.39 is 17.2 Å². The zero-order valence-electron chi connectivity index (χ0n) is 17.4. The highest BCUT2D eigenvalue weighted by Crippen LogP contribution is 2.30. The van der Waals surface area contributed by atoms with Crippen molar-refractivity contribution in [1.29, 1.82) is 0 Å². The lowest BCUT2D eigenvalue weighted by Crippen LogP contribution is -2.18. The van der Waals surface area contributed by atoms with Crippen LogP contribution in [-0.2, 0) is 6.54 Å². The molecule has 0 aliphatic heterocycles. The van der Waals surface area contributed by atoms with Crippen LogP contribution in [0.4, 0.5) is 20.4 Å². The SMILES string of the molecule is Cc1nc2cc(C)c(Nc3nc(=O)c4sc(C)nc4n3Cc3cc(F)cc(F)c3)cc2s1. The molecule has 0 aliphatic carbocycles. The van der Waals surface area contributed by atoms with Crippen molar-refractivity contribution in [2.75, 3.05) is 5.32 Å². The highest BCUT2D eigenvalue weighted by molar-refractivity contribution is 7.18. The summed E-state index contributed by atoms with van der Waals surface area (Å²) in [7, 11) is 0. The third-order valence-electron chi connectivity index (χ3n) is 4.98. The Morgan fingerprint density at radius 1 is 0.938 bits per heavy atom. The fourth-order valence-corrected chi connectivity index (χ4v) is 5.28. The summed E-state index contributed by atoms with van der Waals surface area (Å²) in [5.41, 5.74) is 3.01. The second kappa shape index (κ2) is 7.72. The third-order valence-corrected chi connectivity index (χ3v) is 6.86. The van der Waals surface area contributed by atoms with Crippen LogP contribution in [0.5, 0.6) is 0 Å². The Hall–Kier alpha value is -3.24. The van der Waals surface area contributed by atoms with Crippen LogP contribution in [0, 0.1) is 32.4 Å². The van der Waals surface area contributed by atoms with E-state index in [0.29, 0.717) is 20.9 Å². The van der Waals surface area contributed by atoms with Gasteiger partial charge in [-0.2, -0.15) is 4.98 Å². The molecule has 3 heterocycles. The van der Waals surface area contributed by atoms with Crippen molar-refractivity contribution in [2.45, 2.75) is 27.3 Å². The molecule has 162 valence electrons. The highest BCUT2D eigenvalue weighted by atomic mass is 32.1. The third kappa shape index (κ3) is 3.76. The van der Waals surface area contributed by atoms with Crippen LogP contribution < -0.4 is 10.9 Å². The number of hydrogen-bond donors (Lipinski definition) is 1. The molecular weight excluding hydrogens is 452 g/mol. The summed E-state index contributed by atoms with van der Waals surface area (Å²) in [6, 6.07) is 7.27. The predicted octanol–water partition coefficient (Wildman–Crippen LogP) is 5.46. The van der Waals surface area contributed by atoms with Crippen LogP contribution >= 0.6 is 22.7 Å². The molecule has 10 heteroatoms. The molecule has 5 rings (SSSR count). The first-order chi connectivity index (χ1) is 15.3. The minimum absolute atomic E-state index is 0.0882. The smallest absolute Gasteiger partial charge is 0.294 e. The lowest BCUT2D eigenvalue weighted by molar-refractivity contribution is 0.578. The number of thiazole rings is 2. The largest absolute Gasteiger partial charge is 0.325 e. The second-order valence-corrected chi connectivity index (χ2v) is 9.92. The van der Waals surface area contributed by atoms with Crippen molar-refractivity contribution in [3.8, 4) is 0 Å². The zero-order valence-corrected chi connectivity index (χ0v) is 19.0. The maximum Gasteiger partial charge on any atom is 0.294 e. The topological polar surface area (TPSA) is 72.7 Å². The lowest BCUT2D eigenvalue weighted by Gasteiger charge is -2.16. The Morgan fingerprint density at radius 3 is 2.41 bits per heavy atom. The van der Waals surface area contributed by atoms with Gasteiger partial charge in [-0.15, -0.1) is 22.7 Å². The summed E-state index contributed by atoms with van der Waals surface area (Å²) < 4.78 is 30.7. The molecule has 6 nitrogen and oxygen atoms in total. The van der Waals surface area contributed by atoms with Gasteiger partial charge in [0.25, 0.3) is 5.56 Å². The number of fused-ring (bicyclic) bond motifs is 2. The number of rotatable bonds is 4. The van der Waals surface area contributed by atoms with Gasteiger partial charge in [0, 0.05) is 11.8 Å². The van der Waals surface area contributed by atoms with Gasteiger partial charge in [0.2, 0.25) is 5.95 Å². The van der Waals surface area contributed by atoms with Crippen molar-refractivity contribution in [2.24, 2.45) is 0 Å². The summed E-state index contributed by atoms with van der Waals surface area (Å²) in [6.45, 7) is 5.77. The molecule has 0 atom stereocenters. The van der Waals surface area contributed by atoms with Gasteiger partial charge in [-0.05, 0) is 56.2 Å². The molecule has 0 radical (unpaired) electrons. The Morgan fingerprint density at radius 2 is 1.66 bits per heavy atom. The maximum atomic E-state index is 13.8. The van der Waals surface area contributed by atoms with Gasteiger partial charge in [0.05, 0.1) is 26.8 Å². The Kier molecular flexibility index (Phi) is 4.98. The van der Waals surface area contributed by atoms with E-state index in [-0.39, 0.29) is 12.5 Å². The molecule has 0 spiro atoms. The molecule has 1 N–H and O–H groups in total. The van der Waals surface area contributed by atoms with E-state index in [4.69, 9.17) is 0 Å². The molecule has 0 saturated heterocycles. The van der Waals surface area contributed by atoms with E-state index in [0.717, 1.165) is 32.5 Å². The van der Waals surface area contributed by atoms with E-state index in [1.165, 1.54) is 23.5 Å². The fourth-order valence-electron chi connectivity index (χ4n) is 3.62. The summed E-state index contributed by atoms with van der Waals surface area (Å²) in [5.74, 6) is -1.09. The van der Waals surface area contributed by atoms with Gasteiger partial charge in [0.1, 0.15) is 16.3 Å². The van der Waals surface area contributed by atoms with Crippen LogP contribution in [0.3, 0.4) is 0 Å². The number of aromatic nitrogens is 4. The van der Waals surface area contributed by atoms with Crippen LogP contribution in [0.15, 0.2) is 35.1 Å². The number of nitrogens with zero attached hydrogens (tertiary/aromatic N) is 4. The van der Waals surface area contributed by atoms with Crippen molar-refractivity contribution in [3.05, 3.63) is 73.5 Å². The highest BCUT2D eigenvalue weighted by Gasteiger charge is 2.17. The first-order valence-corrected chi connectivity index (χ1v) is 11.4.